The van der Waals surface area contributed by atoms with Gasteiger partial charge in [0.2, 0.25) is 6.79 Å². The van der Waals surface area contributed by atoms with Crippen LogP contribution in [0.25, 0.3) is 0 Å². The minimum Gasteiger partial charge on any atom is -0.493 e. The van der Waals surface area contributed by atoms with Crippen molar-refractivity contribution in [3.05, 3.63) is 42.0 Å². The fourth-order valence-electron chi connectivity index (χ4n) is 2.22. The van der Waals surface area contributed by atoms with Gasteiger partial charge in [0.1, 0.15) is 0 Å². The van der Waals surface area contributed by atoms with Crippen LogP contribution in [0.5, 0.6) is 23.0 Å². The number of methoxy groups -OCH3 is 1. The molecule has 0 radical (unpaired) electrons. The Morgan fingerprint density at radius 3 is 2.76 bits per heavy atom. The summed E-state index contributed by atoms with van der Waals surface area (Å²) in [6.45, 7) is 1.67. The highest BCUT2D eigenvalue weighted by Crippen LogP contribution is 2.35. The molecule has 3 rings (SSSR count). The smallest absolute Gasteiger partial charge is 0.344 e. The van der Waals surface area contributed by atoms with Crippen molar-refractivity contribution in [1.82, 2.24) is 0 Å². The molecule has 7 nitrogen and oxygen atoms in total. The summed E-state index contributed by atoms with van der Waals surface area (Å²) in [5.74, 6) is 1.11. The van der Waals surface area contributed by atoms with E-state index in [-0.39, 0.29) is 6.79 Å². The molecule has 0 saturated carbocycles. The number of carboxylic acid groups (broad SMARTS) is 1. The van der Waals surface area contributed by atoms with E-state index in [4.69, 9.17) is 24.1 Å². The van der Waals surface area contributed by atoms with Crippen molar-refractivity contribution in [2.75, 3.05) is 13.9 Å². The second-order valence-electron chi connectivity index (χ2n) is 5.30. The van der Waals surface area contributed by atoms with Gasteiger partial charge in [-0.15, -0.1) is 0 Å². The van der Waals surface area contributed by atoms with Crippen LogP contribution in [0.1, 0.15) is 12.5 Å². The molecule has 0 unspecified atom stereocenters. The number of hydrogen-bond donors (Lipinski definition) is 1. The van der Waals surface area contributed by atoms with Crippen LogP contribution >= 0.6 is 0 Å². The maximum absolute atomic E-state index is 10.9. The number of aliphatic carboxylic acids is 1. The van der Waals surface area contributed by atoms with E-state index in [2.05, 4.69) is 4.99 Å². The van der Waals surface area contributed by atoms with Gasteiger partial charge in [0, 0.05) is 12.3 Å². The Morgan fingerprint density at radius 2 is 2.00 bits per heavy atom. The van der Waals surface area contributed by atoms with Crippen molar-refractivity contribution < 1.29 is 28.8 Å². The number of carboxylic acids is 1. The summed E-state index contributed by atoms with van der Waals surface area (Å²) < 4.78 is 21.2. The van der Waals surface area contributed by atoms with E-state index < -0.39 is 12.1 Å². The molecule has 7 heteroatoms. The van der Waals surface area contributed by atoms with Crippen LogP contribution in [0.15, 0.2) is 41.4 Å². The van der Waals surface area contributed by atoms with Gasteiger partial charge in [0.25, 0.3) is 0 Å². The average Bonchev–Trinajstić information content (AvgIpc) is 3.08. The molecule has 2 aromatic carbocycles. The number of fused-ring (bicyclic) bond motifs is 1. The van der Waals surface area contributed by atoms with E-state index in [0.717, 1.165) is 11.3 Å². The first-order valence-corrected chi connectivity index (χ1v) is 7.58. The Labute approximate surface area is 144 Å². The summed E-state index contributed by atoms with van der Waals surface area (Å²) in [6, 6.07) is 10.6. The van der Waals surface area contributed by atoms with Crippen LogP contribution in [0.3, 0.4) is 0 Å². The SMILES string of the molecule is COc1cc(C=Nc2ccc3c(c2)OCO3)ccc1O[C@@H](C)C(=O)O. The Balaban J connectivity index is 1.77. The Morgan fingerprint density at radius 1 is 1.20 bits per heavy atom. The third kappa shape index (κ3) is 3.82. The Hall–Kier alpha value is -3.22. The van der Waals surface area contributed by atoms with E-state index in [9.17, 15) is 4.79 Å². The molecule has 0 saturated heterocycles. The molecule has 0 amide bonds. The lowest BCUT2D eigenvalue weighted by molar-refractivity contribution is -0.144. The van der Waals surface area contributed by atoms with E-state index in [1.54, 1.807) is 36.5 Å². The summed E-state index contributed by atoms with van der Waals surface area (Å²) in [4.78, 5) is 15.3. The first-order chi connectivity index (χ1) is 12.1. The summed E-state index contributed by atoms with van der Waals surface area (Å²) >= 11 is 0. The molecule has 0 bridgehead atoms. The summed E-state index contributed by atoms with van der Waals surface area (Å²) in [7, 11) is 1.49. The van der Waals surface area contributed by atoms with Gasteiger partial charge in [-0.3, -0.25) is 4.99 Å². The monoisotopic (exact) mass is 343 g/mol. The van der Waals surface area contributed by atoms with Crippen LogP contribution in [0.2, 0.25) is 0 Å². The zero-order valence-corrected chi connectivity index (χ0v) is 13.8. The molecule has 1 heterocycles. The number of nitrogens with zero attached hydrogens (tertiary/aromatic N) is 1. The largest absolute Gasteiger partial charge is 0.493 e. The summed E-state index contributed by atoms with van der Waals surface area (Å²) in [5.41, 5.74) is 1.51. The van der Waals surface area contributed by atoms with Gasteiger partial charge >= 0.3 is 5.97 Å². The predicted octanol–water partition coefficient (Wildman–Crippen LogP) is 3.03. The van der Waals surface area contributed by atoms with Crippen LogP contribution in [-0.2, 0) is 4.79 Å². The molecule has 0 spiro atoms. The van der Waals surface area contributed by atoms with Gasteiger partial charge in [-0.2, -0.15) is 0 Å². The second-order valence-corrected chi connectivity index (χ2v) is 5.30. The lowest BCUT2D eigenvalue weighted by Crippen LogP contribution is -2.23. The first-order valence-electron chi connectivity index (χ1n) is 7.58. The molecule has 0 fully saturated rings. The third-order valence-electron chi connectivity index (χ3n) is 3.56. The van der Waals surface area contributed by atoms with Gasteiger partial charge in [-0.05, 0) is 42.8 Å². The highest BCUT2D eigenvalue weighted by atomic mass is 16.7. The van der Waals surface area contributed by atoms with E-state index in [0.29, 0.717) is 23.0 Å². The summed E-state index contributed by atoms with van der Waals surface area (Å²) in [6.07, 6.45) is 0.701. The van der Waals surface area contributed by atoms with Crippen molar-refractivity contribution >= 4 is 17.9 Å². The standard InChI is InChI=1S/C18H17NO6/c1-11(18(20)21)25-15-5-3-12(7-16(15)22-2)9-19-13-4-6-14-17(8-13)24-10-23-14/h3-9,11H,10H2,1-2H3,(H,20,21)/t11-/m0/s1. The minimum absolute atomic E-state index is 0.218. The lowest BCUT2D eigenvalue weighted by atomic mass is 10.2. The number of benzene rings is 2. The van der Waals surface area contributed by atoms with E-state index >= 15 is 0 Å². The molecule has 1 aliphatic heterocycles. The quantitative estimate of drug-likeness (QED) is 0.811. The van der Waals surface area contributed by atoms with Crippen molar-refractivity contribution in [2.24, 2.45) is 4.99 Å². The molecule has 1 atom stereocenters. The number of hydrogen-bond acceptors (Lipinski definition) is 6. The van der Waals surface area contributed by atoms with Gasteiger partial charge in [0.15, 0.2) is 29.1 Å². The molecule has 25 heavy (non-hydrogen) atoms. The third-order valence-corrected chi connectivity index (χ3v) is 3.56. The zero-order valence-electron chi connectivity index (χ0n) is 13.8. The van der Waals surface area contributed by atoms with Gasteiger partial charge in [-0.1, -0.05) is 0 Å². The molecule has 130 valence electrons. The molecule has 1 N–H and O–H groups in total. The van der Waals surface area contributed by atoms with Gasteiger partial charge < -0.3 is 24.1 Å². The van der Waals surface area contributed by atoms with Crippen LogP contribution in [0.4, 0.5) is 5.69 Å². The zero-order chi connectivity index (χ0) is 17.8. The average molecular weight is 343 g/mol. The van der Waals surface area contributed by atoms with Crippen LogP contribution < -0.4 is 18.9 Å². The van der Waals surface area contributed by atoms with Gasteiger partial charge in [0.05, 0.1) is 12.8 Å². The molecule has 1 aliphatic rings. The Bertz CT molecular complexity index is 817. The van der Waals surface area contributed by atoms with Crippen molar-refractivity contribution in [2.45, 2.75) is 13.0 Å². The maximum atomic E-state index is 10.9. The normalized spacial score (nSPS) is 13.7. The number of carbonyl (C=O) groups is 1. The minimum atomic E-state index is -1.05. The molecule has 0 aromatic heterocycles. The second kappa shape index (κ2) is 7.12. The fourth-order valence-corrected chi connectivity index (χ4v) is 2.22. The highest BCUT2D eigenvalue weighted by Gasteiger charge is 2.16. The topological polar surface area (TPSA) is 86.6 Å². The summed E-state index contributed by atoms with van der Waals surface area (Å²) in [5, 5.41) is 8.93. The first kappa shape index (κ1) is 16.6. The number of rotatable bonds is 6. The molecular formula is C18H17NO6. The van der Waals surface area contributed by atoms with Gasteiger partial charge in [-0.25, -0.2) is 4.79 Å². The van der Waals surface area contributed by atoms with E-state index in [1.165, 1.54) is 14.0 Å². The predicted molar refractivity (Wildman–Crippen MR) is 90.5 cm³/mol. The van der Waals surface area contributed by atoms with Crippen LogP contribution in [-0.4, -0.2) is 37.3 Å². The van der Waals surface area contributed by atoms with E-state index in [1.807, 2.05) is 6.07 Å². The van der Waals surface area contributed by atoms with Crippen LogP contribution in [0, 0.1) is 0 Å². The molecule has 2 aromatic rings. The maximum Gasteiger partial charge on any atom is 0.344 e. The fraction of sp³-hybridized carbons (Fsp3) is 0.222. The lowest BCUT2D eigenvalue weighted by Gasteiger charge is -2.14. The van der Waals surface area contributed by atoms with Crippen molar-refractivity contribution in [3.8, 4) is 23.0 Å². The highest BCUT2D eigenvalue weighted by molar-refractivity contribution is 5.83. The molecular weight excluding hydrogens is 326 g/mol. The number of ether oxygens (including phenoxy) is 4. The Kier molecular flexibility index (Phi) is 4.74. The number of aliphatic imine (C=N–C) groups is 1. The van der Waals surface area contributed by atoms with Crippen molar-refractivity contribution in [1.29, 1.82) is 0 Å². The molecule has 0 aliphatic carbocycles. The van der Waals surface area contributed by atoms with Crippen molar-refractivity contribution in [3.63, 3.8) is 0 Å².